The van der Waals surface area contributed by atoms with Crippen LogP contribution in [0, 0.1) is 0 Å². The molecule has 0 radical (unpaired) electrons. The molecule has 0 saturated carbocycles. The molecule has 0 aliphatic heterocycles. The minimum Gasteiger partial charge on any atom is -0.484 e. The van der Waals surface area contributed by atoms with Crippen LogP contribution < -0.4 is 15.4 Å². The predicted octanol–water partition coefficient (Wildman–Crippen LogP) is 3.73. The highest BCUT2D eigenvalue weighted by Gasteiger charge is 2.28. The van der Waals surface area contributed by atoms with Crippen molar-refractivity contribution in [1.29, 1.82) is 0 Å². The summed E-state index contributed by atoms with van der Waals surface area (Å²) in [6, 6.07) is 6.47. The maximum absolute atomic E-state index is 12.1. The third-order valence-corrected chi connectivity index (χ3v) is 3.22. The minimum absolute atomic E-state index is 0. The second kappa shape index (κ2) is 13.9. The molecule has 5 nitrogen and oxygen atoms in total. The Morgan fingerprint density at radius 2 is 1.81 bits per heavy atom. The first-order valence-electron chi connectivity index (χ1n) is 8.25. The molecule has 2 N–H and O–H groups in total. The zero-order valence-corrected chi connectivity index (χ0v) is 17.4. The van der Waals surface area contributed by atoms with Gasteiger partial charge in [-0.2, -0.15) is 13.2 Å². The van der Waals surface area contributed by atoms with Crippen molar-refractivity contribution in [3.63, 3.8) is 0 Å². The van der Waals surface area contributed by atoms with Gasteiger partial charge in [0.2, 0.25) is 0 Å². The number of aliphatic imine (C=N–C) groups is 1. The smallest absolute Gasteiger partial charge is 0.422 e. The Morgan fingerprint density at radius 1 is 1.12 bits per heavy atom. The van der Waals surface area contributed by atoms with Crippen LogP contribution in [0.3, 0.4) is 0 Å². The van der Waals surface area contributed by atoms with Crippen LogP contribution in [0.5, 0.6) is 5.75 Å². The summed E-state index contributed by atoms with van der Waals surface area (Å²) in [7, 11) is 1.68. The number of unbranched alkanes of at least 4 members (excludes halogenated alkanes) is 1. The highest BCUT2D eigenvalue weighted by Crippen LogP contribution is 2.18. The summed E-state index contributed by atoms with van der Waals surface area (Å²) >= 11 is 0. The molecule has 1 aromatic carbocycles. The predicted molar refractivity (Wildman–Crippen MR) is 107 cm³/mol. The Kier molecular flexibility index (Phi) is 13.2. The van der Waals surface area contributed by atoms with Gasteiger partial charge in [0.25, 0.3) is 0 Å². The summed E-state index contributed by atoms with van der Waals surface area (Å²) in [4.78, 5) is 4.12. The average Bonchev–Trinajstić information content (AvgIpc) is 2.59. The summed E-state index contributed by atoms with van der Waals surface area (Å²) in [5.74, 6) is 0.867. The molecule has 0 fully saturated rings. The summed E-state index contributed by atoms with van der Waals surface area (Å²) in [6.07, 6.45) is -2.37. The van der Waals surface area contributed by atoms with Gasteiger partial charge in [-0.25, -0.2) is 0 Å². The largest absolute Gasteiger partial charge is 0.484 e. The van der Waals surface area contributed by atoms with E-state index >= 15 is 0 Å². The number of benzene rings is 1. The van der Waals surface area contributed by atoms with Crippen LogP contribution in [-0.2, 0) is 11.3 Å². The van der Waals surface area contributed by atoms with E-state index in [9.17, 15) is 13.2 Å². The van der Waals surface area contributed by atoms with Gasteiger partial charge in [0.1, 0.15) is 5.75 Å². The van der Waals surface area contributed by atoms with Crippen molar-refractivity contribution in [1.82, 2.24) is 10.6 Å². The van der Waals surface area contributed by atoms with Crippen LogP contribution in [0.1, 0.15) is 25.3 Å². The highest BCUT2D eigenvalue weighted by atomic mass is 127. The Bertz CT molecular complexity index is 511. The van der Waals surface area contributed by atoms with Gasteiger partial charge in [-0.1, -0.05) is 12.1 Å². The first-order chi connectivity index (χ1) is 11.9. The molecule has 0 aromatic heterocycles. The fourth-order valence-electron chi connectivity index (χ4n) is 1.96. The molecule has 0 amide bonds. The molecule has 26 heavy (non-hydrogen) atoms. The number of hydrogen-bond donors (Lipinski definition) is 2. The zero-order valence-electron chi connectivity index (χ0n) is 15.1. The van der Waals surface area contributed by atoms with Gasteiger partial charge in [-0.3, -0.25) is 4.99 Å². The van der Waals surface area contributed by atoms with E-state index in [1.54, 1.807) is 19.2 Å². The minimum atomic E-state index is -4.33. The topological polar surface area (TPSA) is 54.9 Å². The summed E-state index contributed by atoms with van der Waals surface area (Å²) in [5, 5.41) is 6.35. The van der Waals surface area contributed by atoms with E-state index in [2.05, 4.69) is 20.4 Å². The maximum Gasteiger partial charge on any atom is 0.422 e. The van der Waals surface area contributed by atoms with Gasteiger partial charge in [-0.15, -0.1) is 24.0 Å². The van der Waals surface area contributed by atoms with E-state index in [4.69, 9.17) is 4.74 Å². The maximum atomic E-state index is 12.1. The summed E-state index contributed by atoms with van der Waals surface area (Å²) < 4.78 is 46.2. The molecule has 0 saturated heterocycles. The quantitative estimate of drug-likeness (QED) is 0.228. The Labute approximate surface area is 169 Å². The van der Waals surface area contributed by atoms with Gasteiger partial charge in [0.05, 0.1) is 0 Å². The van der Waals surface area contributed by atoms with E-state index in [0.717, 1.165) is 38.2 Å². The lowest BCUT2D eigenvalue weighted by Gasteiger charge is -2.13. The molecular formula is C17H27F3IN3O2. The third-order valence-electron chi connectivity index (χ3n) is 3.22. The molecule has 1 rings (SSSR count). The van der Waals surface area contributed by atoms with Gasteiger partial charge in [-0.05, 0) is 37.5 Å². The average molecular weight is 489 g/mol. The number of hydrogen-bond acceptors (Lipinski definition) is 3. The lowest BCUT2D eigenvalue weighted by molar-refractivity contribution is -0.153. The molecule has 150 valence electrons. The van der Waals surface area contributed by atoms with Crippen LogP contribution in [0.2, 0.25) is 0 Å². The molecule has 0 bridgehead atoms. The lowest BCUT2D eigenvalue weighted by Crippen LogP contribution is -2.37. The SMILES string of the molecule is CCOCCCCNC(=NC)NCc1ccc(OCC(F)(F)F)cc1.I. The molecule has 0 atom stereocenters. The van der Waals surface area contributed by atoms with E-state index in [1.807, 2.05) is 6.92 Å². The third kappa shape index (κ3) is 12.2. The van der Waals surface area contributed by atoms with Crippen molar-refractivity contribution in [2.75, 3.05) is 33.4 Å². The molecule has 0 spiro atoms. The van der Waals surface area contributed by atoms with Crippen molar-refractivity contribution in [2.45, 2.75) is 32.5 Å². The van der Waals surface area contributed by atoms with Crippen LogP contribution in [0.15, 0.2) is 29.3 Å². The number of halogens is 4. The first kappa shape index (κ1) is 24.8. The van der Waals surface area contributed by atoms with Gasteiger partial charge < -0.3 is 20.1 Å². The fourth-order valence-corrected chi connectivity index (χ4v) is 1.96. The van der Waals surface area contributed by atoms with Crippen LogP contribution in [-0.4, -0.2) is 45.5 Å². The van der Waals surface area contributed by atoms with Gasteiger partial charge in [0, 0.05) is 33.4 Å². The zero-order chi connectivity index (χ0) is 18.5. The standard InChI is InChI=1S/C17H26F3N3O2.HI/c1-3-24-11-5-4-10-22-16(21-2)23-12-14-6-8-15(9-7-14)25-13-17(18,19)20;/h6-9H,3-5,10-13H2,1-2H3,(H2,21,22,23);1H. The Hall–Kier alpha value is -1.23. The monoisotopic (exact) mass is 489 g/mol. The van der Waals surface area contributed by atoms with Gasteiger partial charge in [0.15, 0.2) is 12.6 Å². The van der Waals surface area contributed by atoms with Crippen molar-refractivity contribution < 1.29 is 22.6 Å². The van der Waals surface area contributed by atoms with Crippen molar-refractivity contribution in [3.05, 3.63) is 29.8 Å². The normalized spacial score (nSPS) is 11.7. The number of ether oxygens (including phenoxy) is 2. The second-order valence-electron chi connectivity index (χ2n) is 5.30. The molecule has 9 heteroatoms. The van der Waals surface area contributed by atoms with Crippen molar-refractivity contribution in [3.8, 4) is 5.75 Å². The molecule has 1 aromatic rings. The van der Waals surface area contributed by atoms with Crippen LogP contribution in [0.4, 0.5) is 13.2 Å². The van der Waals surface area contributed by atoms with Crippen LogP contribution >= 0.6 is 24.0 Å². The molecular weight excluding hydrogens is 462 g/mol. The van der Waals surface area contributed by atoms with E-state index < -0.39 is 12.8 Å². The number of nitrogens with one attached hydrogen (secondary N) is 2. The van der Waals surface area contributed by atoms with Gasteiger partial charge >= 0.3 is 6.18 Å². The van der Waals surface area contributed by atoms with Crippen LogP contribution in [0.25, 0.3) is 0 Å². The fraction of sp³-hybridized carbons (Fsp3) is 0.588. The number of alkyl halides is 3. The number of nitrogens with zero attached hydrogens (tertiary/aromatic N) is 1. The van der Waals surface area contributed by atoms with Crippen molar-refractivity contribution >= 4 is 29.9 Å². The summed E-state index contributed by atoms with van der Waals surface area (Å²) in [6.45, 7) is 3.47. The Balaban J connectivity index is 0.00000625. The molecule has 0 unspecified atom stereocenters. The number of guanidine groups is 1. The molecule has 0 aliphatic rings. The second-order valence-corrected chi connectivity index (χ2v) is 5.30. The Morgan fingerprint density at radius 3 is 2.38 bits per heavy atom. The van der Waals surface area contributed by atoms with E-state index in [1.165, 1.54) is 12.1 Å². The lowest BCUT2D eigenvalue weighted by atomic mass is 10.2. The van der Waals surface area contributed by atoms with Crippen molar-refractivity contribution in [2.24, 2.45) is 4.99 Å². The highest BCUT2D eigenvalue weighted by molar-refractivity contribution is 14.0. The number of rotatable bonds is 10. The molecule has 0 heterocycles. The summed E-state index contributed by atoms with van der Waals surface area (Å²) in [5.41, 5.74) is 0.915. The van der Waals surface area contributed by atoms with E-state index in [0.29, 0.717) is 12.5 Å². The molecule has 0 aliphatic carbocycles. The van der Waals surface area contributed by atoms with E-state index in [-0.39, 0.29) is 29.7 Å². The first-order valence-corrected chi connectivity index (χ1v) is 8.25.